The van der Waals surface area contributed by atoms with Crippen LogP contribution in [0, 0.1) is 18.8 Å². The van der Waals surface area contributed by atoms with Gasteiger partial charge in [0.1, 0.15) is 0 Å². The minimum atomic E-state index is 0.440. The molecule has 0 radical (unpaired) electrons. The van der Waals surface area contributed by atoms with Crippen molar-refractivity contribution in [2.24, 2.45) is 17.6 Å². The Labute approximate surface area is 103 Å². The molecule has 0 aromatic carbocycles. The quantitative estimate of drug-likeness (QED) is 0.803. The fourth-order valence-corrected chi connectivity index (χ4v) is 3.41. The molecule has 1 aromatic rings. The van der Waals surface area contributed by atoms with Crippen molar-refractivity contribution in [1.29, 1.82) is 0 Å². The highest BCUT2D eigenvalue weighted by Gasteiger charge is 2.36. The van der Waals surface area contributed by atoms with Gasteiger partial charge in [0, 0.05) is 36.7 Å². The summed E-state index contributed by atoms with van der Waals surface area (Å²) >= 11 is 0. The summed E-state index contributed by atoms with van der Waals surface area (Å²) in [4.78, 5) is 6.78. The highest BCUT2D eigenvalue weighted by Crippen LogP contribution is 2.37. The van der Waals surface area contributed by atoms with Gasteiger partial charge in [0.25, 0.3) is 0 Å². The number of aryl methyl sites for hydroxylation is 1. The lowest BCUT2D eigenvalue weighted by molar-refractivity contribution is 0.271. The maximum absolute atomic E-state index is 6.07. The normalized spacial score (nSPS) is 32.6. The molecule has 0 amide bonds. The second-order valence-electron chi connectivity index (χ2n) is 5.65. The van der Waals surface area contributed by atoms with Gasteiger partial charge in [0.05, 0.1) is 0 Å². The molecule has 1 aliphatic carbocycles. The number of nitrogens with zero attached hydrogens (tertiary/aromatic N) is 2. The van der Waals surface area contributed by atoms with Gasteiger partial charge in [0.2, 0.25) is 0 Å². The molecule has 1 saturated carbocycles. The SMILES string of the molecule is Cc1cc(N2C[C@H]3CCC(N)C[C@H]3C2)ccn1. The second kappa shape index (κ2) is 4.30. The van der Waals surface area contributed by atoms with Crippen LogP contribution in [0.25, 0.3) is 0 Å². The third-order valence-corrected chi connectivity index (χ3v) is 4.34. The standard InChI is InChI=1S/C14H21N3/c1-10-6-14(4-5-16-10)17-8-11-2-3-13(15)7-12(11)9-17/h4-6,11-13H,2-3,7-9,15H2,1H3/t11-,12+,13?/m1/s1. The zero-order chi connectivity index (χ0) is 11.8. The van der Waals surface area contributed by atoms with E-state index in [-0.39, 0.29) is 0 Å². The minimum absolute atomic E-state index is 0.440. The second-order valence-corrected chi connectivity index (χ2v) is 5.65. The summed E-state index contributed by atoms with van der Waals surface area (Å²) in [5.74, 6) is 1.68. The largest absolute Gasteiger partial charge is 0.371 e. The van der Waals surface area contributed by atoms with E-state index in [2.05, 4.69) is 28.9 Å². The molecule has 2 aliphatic rings. The van der Waals surface area contributed by atoms with Crippen LogP contribution in [-0.2, 0) is 0 Å². The number of hydrogen-bond donors (Lipinski definition) is 1. The fourth-order valence-electron chi connectivity index (χ4n) is 3.41. The first-order chi connectivity index (χ1) is 8.22. The lowest BCUT2D eigenvalue weighted by Crippen LogP contribution is -2.32. The summed E-state index contributed by atoms with van der Waals surface area (Å²) < 4.78 is 0. The van der Waals surface area contributed by atoms with Crippen molar-refractivity contribution in [3.8, 4) is 0 Å². The van der Waals surface area contributed by atoms with E-state index < -0.39 is 0 Å². The van der Waals surface area contributed by atoms with Crippen LogP contribution in [0.5, 0.6) is 0 Å². The van der Waals surface area contributed by atoms with Crippen molar-refractivity contribution in [3.05, 3.63) is 24.0 Å². The van der Waals surface area contributed by atoms with E-state index in [1.54, 1.807) is 0 Å². The van der Waals surface area contributed by atoms with Gasteiger partial charge < -0.3 is 10.6 Å². The monoisotopic (exact) mass is 231 g/mol. The molecule has 1 saturated heterocycles. The maximum atomic E-state index is 6.07. The maximum Gasteiger partial charge on any atom is 0.0399 e. The molecule has 92 valence electrons. The predicted octanol–water partition coefficient (Wildman–Crippen LogP) is 1.95. The highest BCUT2D eigenvalue weighted by molar-refractivity contribution is 5.47. The Morgan fingerprint density at radius 2 is 2.12 bits per heavy atom. The van der Waals surface area contributed by atoms with Gasteiger partial charge in [-0.3, -0.25) is 4.98 Å². The van der Waals surface area contributed by atoms with Crippen LogP contribution in [0.4, 0.5) is 5.69 Å². The first-order valence-electron chi connectivity index (χ1n) is 6.65. The summed E-state index contributed by atoms with van der Waals surface area (Å²) in [6.45, 7) is 4.45. The number of anilines is 1. The fraction of sp³-hybridized carbons (Fsp3) is 0.643. The number of hydrogen-bond acceptors (Lipinski definition) is 3. The van der Waals surface area contributed by atoms with E-state index in [1.165, 1.54) is 38.0 Å². The van der Waals surface area contributed by atoms with Crippen LogP contribution in [0.15, 0.2) is 18.3 Å². The number of nitrogens with two attached hydrogens (primary N) is 1. The molecular weight excluding hydrogens is 210 g/mol. The van der Waals surface area contributed by atoms with Crippen LogP contribution in [0.1, 0.15) is 25.0 Å². The van der Waals surface area contributed by atoms with Gasteiger partial charge in [-0.1, -0.05) is 0 Å². The van der Waals surface area contributed by atoms with E-state index in [9.17, 15) is 0 Å². The molecular formula is C14H21N3. The first-order valence-corrected chi connectivity index (χ1v) is 6.65. The minimum Gasteiger partial charge on any atom is -0.371 e. The van der Waals surface area contributed by atoms with Gasteiger partial charge in [-0.05, 0) is 50.2 Å². The van der Waals surface area contributed by atoms with Gasteiger partial charge in [0.15, 0.2) is 0 Å². The first kappa shape index (κ1) is 11.0. The van der Waals surface area contributed by atoms with Crippen molar-refractivity contribution in [1.82, 2.24) is 4.98 Å². The zero-order valence-electron chi connectivity index (χ0n) is 10.5. The molecule has 1 aliphatic heterocycles. The van der Waals surface area contributed by atoms with Crippen LogP contribution < -0.4 is 10.6 Å². The van der Waals surface area contributed by atoms with E-state index in [1.807, 2.05) is 6.20 Å². The third-order valence-electron chi connectivity index (χ3n) is 4.34. The lowest BCUT2D eigenvalue weighted by atomic mass is 9.79. The van der Waals surface area contributed by atoms with Crippen molar-refractivity contribution in [3.63, 3.8) is 0 Å². The molecule has 17 heavy (non-hydrogen) atoms. The van der Waals surface area contributed by atoms with E-state index in [4.69, 9.17) is 5.73 Å². The Morgan fingerprint density at radius 1 is 1.29 bits per heavy atom. The molecule has 3 nitrogen and oxygen atoms in total. The van der Waals surface area contributed by atoms with Crippen molar-refractivity contribution in [2.75, 3.05) is 18.0 Å². The van der Waals surface area contributed by atoms with E-state index in [0.717, 1.165) is 17.5 Å². The lowest BCUT2D eigenvalue weighted by Gasteiger charge is -2.27. The Morgan fingerprint density at radius 3 is 2.94 bits per heavy atom. The average molecular weight is 231 g/mol. The molecule has 2 fully saturated rings. The number of fused-ring (bicyclic) bond motifs is 1. The summed E-state index contributed by atoms with van der Waals surface area (Å²) in [5, 5.41) is 0. The topological polar surface area (TPSA) is 42.1 Å². The van der Waals surface area contributed by atoms with Crippen LogP contribution >= 0.6 is 0 Å². The summed E-state index contributed by atoms with van der Waals surface area (Å²) in [5.41, 5.74) is 8.51. The number of aromatic nitrogens is 1. The Balaban J connectivity index is 1.75. The summed E-state index contributed by atoms with van der Waals surface area (Å²) in [7, 11) is 0. The smallest absolute Gasteiger partial charge is 0.0399 e. The molecule has 3 rings (SSSR count). The van der Waals surface area contributed by atoms with Gasteiger partial charge in [-0.15, -0.1) is 0 Å². The molecule has 2 heterocycles. The predicted molar refractivity (Wildman–Crippen MR) is 70.0 cm³/mol. The van der Waals surface area contributed by atoms with Crippen molar-refractivity contribution >= 4 is 5.69 Å². The van der Waals surface area contributed by atoms with Crippen molar-refractivity contribution in [2.45, 2.75) is 32.2 Å². The van der Waals surface area contributed by atoms with Gasteiger partial charge >= 0.3 is 0 Å². The molecule has 1 aromatic heterocycles. The molecule has 0 spiro atoms. The van der Waals surface area contributed by atoms with Crippen molar-refractivity contribution < 1.29 is 0 Å². The van der Waals surface area contributed by atoms with Gasteiger partial charge in [-0.2, -0.15) is 0 Å². The number of pyridine rings is 1. The average Bonchev–Trinajstić information content (AvgIpc) is 2.72. The van der Waals surface area contributed by atoms with E-state index >= 15 is 0 Å². The molecule has 0 bridgehead atoms. The van der Waals surface area contributed by atoms with Crippen LogP contribution in [0.3, 0.4) is 0 Å². The van der Waals surface area contributed by atoms with Gasteiger partial charge in [-0.25, -0.2) is 0 Å². The highest BCUT2D eigenvalue weighted by atomic mass is 15.2. The summed E-state index contributed by atoms with van der Waals surface area (Å²) in [6, 6.07) is 4.76. The molecule has 3 atom stereocenters. The molecule has 3 heteroatoms. The number of rotatable bonds is 1. The Bertz CT molecular complexity index is 404. The molecule has 2 N–H and O–H groups in total. The third kappa shape index (κ3) is 2.16. The van der Waals surface area contributed by atoms with Crippen LogP contribution in [-0.4, -0.2) is 24.1 Å². The summed E-state index contributed by atoms with van der Waals surface area (Å²) in [6.07, 6.45) is 5.65. The van der Waals surface area contributed by atoms with Crippen LogP contribution in [0.2, 0.25) is 0 Å². The van der Waals surface area contributed by atoms with E-state index in [0.29, 0.717) is 6.04 Å². The Kier molecular flexibility index (Phi) is 2.79. The molecule has 1 unspecified atom stereocenters. The Hall–Kier alpha value is -1.09. The zero-order valence-corrected chi connectivity index (χ0v) is 10.5.